The van der Waals surface area contributed by atoms with E-state index in [0.717, 1.165) is 0 Å². The average molecular weight is 571 g/mol. The van der Waals surface area contributed by atoms with E-state index in [2.05, 4.69) is 15.6 Å². The van der Waals surface area contributed by atoms with Gasteiger partial charge in [-0.2, -0.15) is 0 Å². The molecule has 4 atom stereocenters. The van der Waals surface area contributed by atoms with Gasteiger partial charge >= 0.3 is 18.2 Å². The highest BCUT2D eigenvalue weighted by Gasteiger charge is 2.36. The molecule has 3 amide bonds. The van der Waals surface area contributed by atoms with Crippen molar-refractivity contribution in [1.82, 2.24) is 20.5 Å². The third-order valence-electron chi connectivity index (χ3n) is 6.07. The van der Waals surface area contributed by atoms with Crippen LogP contribution in [-0.2, 0) is 19.0 Å². The molecule has 0 aliphatic heterocycles. The zero-order chi connectivity index (χ0) is 29.9. The monoisotopic (exact) mass is 570 g/mol. The Hall–Kier alpha value is -2.89. The molecule has 11 nitrogen and oxygen atoms in total. The largest absolute Gasteiger partial charge is 0.461 e. The molecule has 0 saturated heterocycles. The molecule has 0 aromatic carbocycles. The van der Waals surface area contributed by atoms with E-state index in [1.165, 1.54) is 11.3 Å². The molecule has 0 aliphatic carbocycles. The smallest absolute Gasteiger partial charge is 0.408 e. The molecule has 0 spiro atoms. The topological polar surface area (TPSA) is 136 Å². The standard InChI is InChI=1S/C27H46N4O7S/c1-11-17(6)21(30-26(35)38-27(7,8)9)23(32)31(10)19(16(4)5)14-20(37-25(34)28-12-2)22-29-18(15-39-22)24(33)36-13-3/h15-17,19-21H,11-14H2,1-10H3,(H,28,34)(H,30,35)/t17?,19-,20-,21+/m1/s1. The lowest BCUT2D eigenvalue weighted by Gasteiger charge is -2.37. The fourth-order valence-electron chi connectivity index (χ4n) is 3.85. The summed E-state index contributed by atoms with van der Waals surface area (Å²) in [5, 5.41) is 7.34. The summed E-state index contributed by atoms with van der Waals surface area (Å²) >= 11 is 1.18. The number of carbonyl (C=O) groups excluding carboxylic acids is 4. The number of aromatic nitrogens is 1. The number of likely N-dealkylation sites (N-methyl/N-ethyl adjacent to an activating group) is 1. The SMILES string of the molecule is CCNC(=O)O[C@H](C[C@H](C(C)C)N(C)C(=O)[C@@H](NC(=O)OC(C)(C)C)C(C)CC)c1nc(C(=O)OCC)cs1. The third-order valence-corrected chi connectivity index (χ3v) is 7.01. The number of nitrogens with one attached hydrogen (secondary N) is 2. The molecule has 0 bridgehead atoms. The van der Waals surface area contributed by atoms with Crippen LogP contribution < -0.4 is 10.6 Å². The molecule has 0 saturated carbocycles. The predicted molar refractivity (Wildman–Crippen MR) is 150 cm³/mol. The molecule has 0 aliphatic rings. The first-order valence-corrected chi connectivity index (χ1v) is 14.4. The van der Waals surface area contributed by atoms with Crippen LogP contribution >= 0.6 is 11.3 Å². The molecular weight excluding hydrogens is 524 g/mol. The van der Waals surface area contributed by atoms with Crippen molar-refractivity contribution in [1.29, 1.82) is 0 Å². The van der Waals surface area contributed by atoms with Crippen LogP contribution in [0.15, 0.2) is 5.38 Å². The molecule has 222 valence electrons. The highest BCUT2D eigenvalue weighted by molar-refractivity contribution is 7.09. The summed E-state index contributed by atoms with van der Waals surface area (Å²) in [6.07, 6.45) is -1.23. The number of hydrogen-bond donors (Lipinski definition) is 2. The second-order valence-corrected chi connectivity index (χ2v) is 11.6. The summed E-state index contributed by atoms with van der Waals surface area (Å²) < 4.78 is 16.1. The van der Waals surface area contributed by atoms with E-state index in [0.29, 0.717) is 18.0 Å². The number of ether oxygens (including phenoxy) is 3. The zero-order valence-corrected chi connectivity index (χ0v) is 25.8. The number of hydrogen-bond acceptors (Lipinski definition) is 9. The van der Waals surface area contributed by atoms with E-state index >= 15 is 0 Å². The molecule has 2 N–H and O–H groups in total. The Morgan fingerprint density at radius 3 is 2.23 bits per heavy atom. The van der Waals surface area contributed by atoms with E-state index < -0.39 is 35.9 Å². The minimum Gasteiger partial charge on any atom is -0.461 e. The maximum Gasteiger partial charge on any atom is 0.408 e. The molecule has 1 aromatic rings. The Labute approximate surface area is 236 Å². The summed E-state index contributed by atoms with van der Waals surface area (Å²) in [7, 11) is 1.67. The molecule has 0 radical (unpaired) electrons. The van der Waals surface area contributed by atoms with Crippen LogP contribution in [0.4, 0.5) is 9.59 Å². The zero-order valence-electron chi connectivity index (χ0n) is 25.0. The lowest BCUT2D eigenvalue weighted by Crippen LogP contribution is -2.55. The Balaban J connectivity index is 3.28. The molecule has 1 rings (SSSR count). The fourth-order valence-corrected chi connectivity index (χ4v) is 4.67. The maximum absolute atomic E-state index is 13.8. The Kier molecular flexibility index (Phi) is 13.7. The van der Waals surface area contributed by atoms with Gasteiger partial charge in [-0.1, -0.05) is 34.1 Å². The number of esters is 1. The minimum absolute atomic E-state index is 0.0390. The van der Waals surface area contributed by atoms with E-state index in [1.54, 1.807) is 51.9 Å². The number of alkyl carbamates (subject to hydrolysis) is 2. The number of rotatable bonds is 13. The summed E-state index contributed by atoms with van der Waals surface area (Å²) in [6.45, 7) is 17.1. The summed E-state index contributed by atoms with van der Waals surface area (Å²) in [5.74, 6) is -1.04. The van der Waals surface area contributed by atoms with Gasteiger partial charge in [-0.05, 0) is 46.5 Å². The van der Waals surface area contributed by atoms with Crippen LogP contribution in [0.1, 0.15) is 96.8 Å². The van der Waals surface area contributed by atoms with Crippen molar-refractivity contribution in [2.75, 3.05) is 20.2 Å². The van der Waals surface area contributed by atoms with Gasteiger partial charge in [-0.15, -0.1) is 11.3 Å². The lowest BCUT2D eigenvalue weighted by atomic mass is 9.93. The van der Waals surface area contributed by atoms with E-state index in [4.69, 9.17) is 14.2 Å². The van der Waals surface area contributed by atoms with E-state index in [9.17, 15) is 19.2 Å². The molecule has 1 heterocycles. The van der Waals surface area contributed by atoms with Crippen LogP contribution in [0.5, 0.6) is 0 Å². The normalized spacial score (nSPS) is 14.5. The minimum atomic E-state index is -0.826. The van der Waals surface area contributed by atoms with Crippen molar-refractivity contribution in [2.24, 2.45) is 11.8 Å². The van der Waals surface area contributed by atoms with Gasteiger partial charge in [-0.25, -0.2) is 19.4 Å². The van der Waals surface area contributed by atoms with Crippen molar-refractivity contribution in [3.05, 3.63) is 16.1 Å². The van der Waals surface area contributed by atoms with Crippen LogP contribution in [-0.4, -0.2) is 71.8 Å². The van der Waals surface area contributed by atoms with Crippen molar-refractivity contribution in [3.63, 3.8) is 0 Å². The second-order valence-electron chi connectivity index (χ2n) is 10.7. The third kappa shape index (κ3) is 11.0. The quantitative estimate of drug-likeness (QED) is 0.252. The number of thiazole rings is 1. The van der Waals surface area contributed by atoms with Crippen molar-refractivity contribution < 1.29 is 33.4 Å². The van der Waals surface area contributed by atoms with Gasteiger partial charge in [0.1, 0.15) is 16.7 Å². The van der Waals surface area contributed by atoms with Crippen molar-refractivity contribution >= 4 is 35.4 Å². The van der Waals surface area contributed by atoms with Crippen LogP contribution in [0.2, 0.25) is 0 Å². The van der Waals surface area contributed by atoms with Crippen LogP contribution in [0.25, 0.3) is 0 Å². The predicted octanol–water partition coefficient (Wildman–Crippen LogP) is 4.92. The Morgan fingerprint density at radius 1 is 1.08 bits per heavy atom. The first-order chi connectivity index (χ1) is 18.1. The first-order valence-electron chi connectivity index (χ1n) is 13.5. The van der Waals surface area contributed by atoms with Crippen LogP contribution in [0, 0.1) is 11.8 Å². The van der Waals surface area contributed by atoms with Crippen molar-refractivity contribution in [2.45, 2.75) is 98.9 Å². The van der Waals surface area contributed by atoms with Gasteiger partial charge in [0.05, 0.1) is 6.61 Å². The van der Waals surface area contributed by atoms with Gasteiger partial charge in [0, 0.05) is 31.4 Å². The number of carbonyl (C=O) groups is 4. The van der Waals surface area contributed by atoms with Gasteiger partial charge in [0.15, 0.2) is 11.8 Å². The Bertz CT molecular complexity index is 960. The molecule has 39 heavy (non-hydrogen) atoms. The molecule has 0 fully saturated rings. The van der Waals surface area contributed by atoms with Gasteiger partial charge < -0.3 is 29.7 Å². The fraction of sp³-hybridized carbons (Fsp3) is 0.741. The van der Waals surface area contributed by atoms with E-state index in [1.807, 2.05) is 27.7 Å². The van der Waals surface area contributed by atoms with Gasteiger partial charge in [-0.3, -0.25) is 4.79 Å². The molecule has 1 unspecified atom stereocenters. The maximum atomic E-state index is 13.8. The lowest BCUT2D eigenvalue weighted by molar-refractivity contribution is -0.137. The first kappa shape index (κ1) is 34.1. The highest BCUT2D eigenvalue weighted by Crippen LogP contribution is 2.31. The molecule has 12 heteroatoms. The summed E-state index contributed by atoms with van der Waals surface area (Å²) in [4.78, 5) is 56.9. The van der Waals surface area contributed by atoms with E-state index in [-0.39, 0.29) is 42.5 Å². The van der Waals surface area contributed by atoms with Gasteiger partial charge in [0.25, 0.3) is 0 Å². The average Bonchev–Trinajstić information content (AvgIpc) is 3.33. The van der Waals surface area contributed by atoms with Crippen molar-refractivity contribution in [3.8, 4) is 0 Å². The molecular formula is C27H46N4O7S. The van der Waals surface area contributed by atoms with Gasteiger partial charge in [0.2, 0.25) is 5.91 Å². The second kappa shape index (κ2) is 15.6. The highest BCUT2D eigenvalue weighted by atomic mass is 32.1. The summed E-state index contributed by atoms with van der Waals surface area (Å²) in [6, 6.07) is -1.20. The number of amides is 3. The molecule has 1 aromatic heterocycles. The summed E-state index contributed by atoms with van der Waals surface area (Å²) in [5.41, 5.74) is -0.579. The Morgan fingerprint density at radius 2 is 1.72 bits per heavy atom. The van der Waals surface area contributed by atoms with Crippen LogP contribution in [0.3, 0.4) is 0 Å². The number of nitrogens with zero attached hydrogens (tertiary/aromatic N) is 2.